The Bertz CT molecular complexity index is 435. The first-order chi connectivity index (χ1) is 10.6. The molecule has 0 saturated heterocycles. The van der Waals surface area contributed by atoms with Gasteiger partial charge in [0.1, 0.15) is 13.2 Å². The molecule has 130 valence electrons. The zero-order valence-corrected chi connectivity index (χ0v) is 13.6. The molecule has 2 N–H and O–H groups in total. The highest BCUT2D eigenvalue weighted by Gasteiger charge is 2.05. The average Bonchev–Trinajstić information content (AvgIpc) is 2.48. The number of carboxylic acids is 1. The van der Waals surface area contributed by atoms with Crippen LogP contribution in [0.3, 0.4) is 0 Å². The van der Waals surface area contributed by atoms with Crippen molar-refractivity contribution in [3.05, 3.63) is 36.5 Å². The topological polar surface area (TPSA) is 110 Å². The molecule has 0 bridgehead atoms. The molecule has 0 aromatic rings. The second kappa shape index (κ2) is 13.3. The van der Waals surface area contributed by atoms with Crippen molar-refractivity contribution in [2.75, 3.05) is 19.8 Å². The zero-order chi connectivity index (χ0) is 18.4. The SMILES string of the molecule is C=C(C)C(=O)OCCOC(=O)C(=C)C.C=C(CCCO)C(=O)O. The van der Waals surface area contributed by atoms with Crippen molar-refractivity contribution in [1.82, 2.24) is 0 Å². The number of carbonyl (C=O) groups excluding carboxylic acids is 2. The minimum Gasteiger partial charge on any atom is -0.478 e. The van der Waals surface area contributed by atoms with Crippen molar-refractivity contribution in [3.63, 3.8) is 0 Å². The molecule has 0 aromatic heterocycles. The van der Waals surface area contributed by atoms with Crippen molar-refractivity contribution in [1.29, 1.82) is 0 Å². The molecule has 0 rings (SSSR count). The molecule has 0 aromatic carbocycles. The Kier molecular flexibility index (Phi) is 13.2. The summed E-state index contributed by atoms with van der Waals surface area (Å²) < 4.78 is 9.38. The van der Waals surface area contributed by atoms with E-state index in [1.54, 1.807) is 13.8 Å². The van der Waals surface area contributed by atoms with Crippen molar-refractivity contribution in [2.45, 2.75) is 26.7 Å². The molecule has 0 atom stereocenters. The number of aliphatic hydroxyl groups is 1. The van der Waals surface area contributed by atoms with E-state index in [4.69, 9.17) is 10.2 Å². The van der Waals surface area contributed by atoms with Crippen LogP contribution in [-0.4, -0.2) is 47.9 Å². The molecule has 0 spiro atoms. The minimum absolute atomic E-state index is 0.0201. The molecule has 0 heterocycles. The second-order valence-corrected chi connectivity index (χ2v) is 4.57. The Hall–Kier alpha value is -2.41. The maximum absolute atomic E-state index is 10.8. The number of carboxylic acid groups (broad SMARTS) is 1. The van der Waals surface area contributed by atoms with E-state index in [1.807, 2.05) is 0 Å². The summed E-state index contributed by atoms with van der Waals surface area (Å²) in [4.78, 5) is 31.7. The number of carbonyl (C=O) groups is 3. The molecule has 0 amide bonds. The van der Waals surface area contributed by atoms with E-state index in [0.29, 0.717) is 24.0 Å². The highest BCUT2D eigenvalue weighted by atomic mass is 16.6. The molecule has 7 heteroatoms. The Balaban J connectivity index is 0. The number of aliphatic carboxylic acids is 1. The number of hydrogen-bond acceptors (Lipinski definition) is 6. The maximum Gasteiger partial charge on any atom is 0.333 e. The number of ether oxygens (including phenoxy) is 2. The van der Waals surface area contributed by atoms with Gasteiger partial charge in [0.2, 0.25) is 0 Å². The fourth-order valence-corrected chi connectivity index (χ4v) is 0.915. The largest absolute Gasteiger partial charge is 0.478 e. The summed E-state index contributed by atoms with van der Waals surface area (Å²) in [6, 6.07) is 0. The van der Waals surface area contributed by atoms with Gasteiger partial charge >= 0.3 is 17.9 Å². The summed E-state index contributed by atoms with van der Waals surface area (Å²) in [6.45, 7) is 13.3. The van der Waals surface area contributed by atoms with Gasteiger partial charge in [-0.2, -0.15) is 0 Å². The van der Waals surface area contributed by atoms with Gasteiger partial charge in [-0.25, -0.2) is 14.4 Å². The summed E-state index contributed by atoms with van der Waals surface area (Å²) in [7, 11) is 0. The van der Waals surface area contributed by atoms with Crippen LogP contribution in [0.1, 0.15) is 26.7 Å². The zero-order valence-electron chi connectivity index (χ0n) is 13.6. The lowest BCUT2D eigenvalue weighted by atomic mass is 10.2. The third-order valence-electron chi connectivity index (χ3n) is 2.19. The second-order valence-electron chi connectivity index (χ2n) is 4.57. The maximum atomic E-state index is 10.8. The van der Waals surface area contributed by atoms with Crippen LogP contribution in [-0.2, 0) is 23.9 Å². The third kappa shape index (κ3) is 14.3. The predicted octanol–water partition coefficient (Wildman–Crippen LogP) is 1.62. The molecule has 7 nitrogen and oxygen atoms in total. The van der Waals surface area contributed by atoms with Crippen LogP contribution < -0.4 is 0 Å². The van der Waals surface area contributed by atoms with Crippen molar-refractivity contribution in [3.8, 4) is 0 Å². The van der Waals surface area contributed by atoms with Crippen LogP contribution in [0.2, 0.25) is 0 Å². The molecule has 0 saturated carbocycles. The van der Waals surface area contributed by atoms with Gasteiger partial charge < -0.3 is 19.7 Å². The van der Waals surface area contributed by atoms with Crippen LogP contribution in [0.25, 0.3) is 0 Å². The average molecular weight is 328 g/mol. The van der Waals surface area contributed by atoms with E-state index >= 15 is 0 Å². The van der Waals surface area contributed by atoms with E-state index in [1.165, 1.54) is 0 Å². The van der Waals surface area contributed by atoms with E-state index in [-0.39, 0.29) is 25.4 Å². The fraction of sp³-hybridized carbons (Fsp3) is 0.438. The molecule has 0 aliphatic carbocycles. The predicted molar refractivity (Wildman–Crippen MR) is 84.6 cm³/mol. The normalized spacial score (nSPS) is 9.00. The molecule has 0 unspecified atom stereocenters. The highest BCUT2D eigenvalue weighted by molar-refractivity contribution is 5.87. The van der Waals surface area contributed by atoms with Gasteiger partial charge in [0.15, 0.2) is 0 Å². The quantitative estimate of drug-likeness (QED) is 0.376. The van der Waals surface area contributed by atoms with Crippen molar-refractivity contribution >= 4 is 17.9 Å². The fourth-order valence-electron chi connectivity index (χ4n) is 0.915. The Morgan fingerprint density at radius 3 is 1.57 bits per heavy atom. The van der Waals surface area contributed by atoms with Crippen LogP contribution in [0.15, 0.2) is 36.5 Å². The van der Waals surface area contributed by atoms with E-state index < -0.39 is 17.9 Å². The summed E-state index contributed by atoms with van der Waals surface area (Å²) in [5.74, 6) is -1.96. The molecule has 0 aliphatic heterocycles. The molecule has 0 aliphatic rings. The summed E-state index contributed by atoms with van der Waals surface area (Å²) in [5.41, 5.74) is 0.788. The van der Waals surface area contributed by atoms with Gasteiger partial charge in [0.05, 0.1) is 0 Å². The van der Waals surface area contributed by atoms with Crippen LogP contribution in [0.5, 0.6) is 0 Å². The first-order valence-electron chi connectivity index (χ1n) is 6.80. The summed E-state index contributed by atoms with van der Waals surface area (Å²) >= 11 is 0. The monoisotopic (exact) mass is 328 g/mol. The van der Waals surface area contributed by atoms with E-state index in [0.717, 1.165) is 0 Å². The number of aliphatic hydroxyl groups excluding tert-OH is 1. The van der Waals surface area contributed by atoms with Gasteiger partial charge in [-0.1, -0.05) is 19.7 Å². The Morgan fingerprint density at radius 2 is 1.30 bits per heavy atom. The smallest absolute Gasteiger partial charge is 0.333 e. The highest BCUT2D eigenvalue weighted by Crippen LogP contribution is 2.00. The number of rotatable bonds is 9. The number of hydrogen-bond donors (Lipinski definition) is 2. The molecule has 0 fully saturated rings. The Labute approximate surface area is 135 Å². The molecule has 23 heavy (non-hydrogen) atoms. The summed E-state index contributed by atoms with van der Waals surface area (Å²) in [6.07, 6.45) is 0.844. The third-order valence-corrected chi connectivity index (χ3v) is 2.19. The van der Waals surface area contributed by atoms with Gasteiger partial charge in [-0.15, -0.1) is 0 Å². The minimum atomic E-state index is -0.983. The van der Waals surface area contributed by atoms with Crippen LogP contribution >= 0.6 is 0 Å². The van der Waals surface area contributed by atoms with E-state index in [9.17, 15) is 14.4 Å². The van der Waals surface area contributed by atoms with Crippen molar-refractivity contribution < 1.29 is 34.1 Å². The molecular formula is C16H24O7. The molecule has 0 radical (unpaired) electrons. The van der Waals surface area contributed by atoms with Gasteiger partial charge in [0.25, 0.3) is 0 Å². The first kappa shape index (κ1) is 22.9. The van der Waals surface area contributed by atoms with Gasteiger partial charge in [0, 0.05) is 23.3 Å². The lowest BCUT2D eigenvalue weighted by molar-refractivity contribution is -0.147. The molecular weight excluding hydrogens is 304 g/mol. The van der Waals surface area contributed by atoms with Crippen molar-refractivity contribution in [2.24, 2.45) is 0 Å². The first-order valence-corrected chi connectivity index (χ1v) is 6.80. The van der Waals surface area contributed by atoms with E-state index in [2.05, 4.69) is 29.2 Å². The lowest BCUT2D eigenvalue weighted by Crippen LogP contribution is -2.14. The number of esters is 2. The van der Waals surface area contributed by atoms with Gasteiger partial charge in [-0.05, 0) is 26.7 Å². The Morgan fingerprint density at radius 1 is 0.913 bits per heavy atom. The lowest BCUT2D eigenvalue weighted by Gasteiger charge is -2.05. The standard InChI is InChI=1S/C10H14O4.C6H10O3/c1-7(2)9(11)13-5-6-14-10(12)8(3)4;1-5(6(8)9)3-2-4-7/h1,3,5-6H2,2,4H3;7H,1-4H2,(H,8,9). The summed E-state index contributed by atoms with van der Waals surface area (Å²) in [5, 5.41) is 16.5. The van der Waals surface area contributed by atoms with Crippen LogP contribution in [0, 0.1) is 0 Å². The van der Waals surface area contributed by atoms with Gasteiger partial charge in [-0.3, -0.25) is 0 Å². The van der Waals surface area contributed by atoms with Crippen LogP contribution in [0.4, 0.5) is 0 Å².